The van der Waals surface area contributed by atoms with Crippen molar-refractivity contribution in [3.63, 3.8) is 0 Å². The topological polar surface area (TPSA) is 87.7 Å². The summed E-state index contributed by atoms with van der Waals surface area (Å²) in [6.07, 6.45) is 1.54. The minimum absolute atomic E-state index is 0.330. The fraction of sp³-hybridized carbons (Fsp3) is 0.333. The second-order valence-corrected chi connectivity index (χ2v) is 9.89. The van der Waals surface area contributed by atoms with E-state index in [4.69, 9.17) is 0 Å². The number of halogens is 1. The van der Waals surface area contributed by atoms with E-state index >= 15 is 0 Å². The first-order valence-electron chi connectivity index (χ1n) is 8.14. The first kappa shape index (κ1) is 18.3. The van der Waals surface area contributed by atoms with Gasteiger partial charge in [0.15, 0.2) is 15.7 Å². The molecule has 0 spiro atoms. The van der Waals surface area contributed by atoms with E-state index in [1.54, 1.807) is 26.8 Å². The van der Waals surface area contributed by atoms with Gasteiger partial charge in [0.05, 0.1) is 16.0 Å². The summed E-state index contributed by atoms with van der Waals surface area (Å²) < 4.78 is 38.9. The van der Waals surface area contributed by atoms with Crippen molar-refractivity contribution in [3.8, 4) is 0 Å². The van der Waals surface area contributed by atoms with Crippen LogP contribution in [0.15, 0.2) is 29.3 Å². The summed E-state index contributed by atoms with van der Waals surface area (Å²) in [6, 6.07) is 4.20. The van der Waals surface area contributed by atoms with Crippen LogP contribution < -0.4 is 5.32 Å². The number of benzene rings is 1. The van der Waals surface area contributed by atoms with Crippen LogP contribution in [0.3, 0.4) is 0 Å². The number of sulfone groups is 1. The molecule has 0 saturated carbocycles. The molecule has 8 heteroatoms. The van der Waals surface area contributed by atoms with E-state index in [0.717, 1.165) is 17.3 Å². The van der Waals surface area contributed by atoms with Crippen molar-refractivity contribution in [2.45, 2.75) is 44.3 Å². The largest absolute Gasteiger partial charge is 0.338 e. The van der Waals surface area contributed by atoms with Gasteiger partial charge in [-0.2, -0.15) is 5.10 Å². The van der Waals surface area contributed by atoms with Gasteiger partial charge >= 0.3 is 0 Å². The summed E-state index contributed by atoms with van der Waals surface area (Å²) in [6.45, 7) is 8.46. The number of pyridine rings is 1. The highest BCUT2D eigenvalue weighted by Gasteiger charge is 2.33. The van der Waals surface area contributed by atoms with Crippen LogP contribution in [-0.4, -0.2) is 28.3 Å². The van der Waals surface area contributed by atoms with Gasteiger partial charge in [-0.25, -0.2) is 12.8 Å². The predicted molar refractivity (Wildman–Crippen MR) is 100.0 cm³/mol. The van der Waals surface area contributed by atoms with E-state index in [2.05, 4.69) is 20.5 Å². The molecular formula is C18H21FN4O2S. The van der Waals surface area contributed by atoms with E-state index in [0.29, 0.717) is 22.4 Å². The summed E-state index contributed by atoms with van der Waals surface area (Å²) in [7, 11) is -3.84. The van der Waals surface area contributed by atoms with Gasteiger partial charge in [-0.1, -0.05) is 0 Å². The fourth-order valence-corrected chi connectivity index (χ4v) is 3.77. The Morgan fingerprint density at radius 3 is 2.46 bits per heavy atom. The molecule has 0 radical (unpaired) electrons. The zero-order valence-corrected chi connectivity index (χ0v) is 16.1. The Hall–Kier alpha value is -2.48. The Morgan fingerprint density at radius 2 is 1.88 bits per heavy atom. The van der Waals surface area contributed by atoms with Crippen LogP contribution in [0.25, 0.3) is 10.9 Å². The molecule has 2 aromatic heterocycles. The number of nitrogens with zero attached hydrogens (tertiary/aromatic N) is 2. The standard InChI is InChI=1S/C18H21FN4O2S/c1-10-11(2)22-23-17(10)21-14-6-7-20-15-9-13(19)16(8-12(14)15)26(24,25)18(3,4)5/h6-9H,1-5H3,(H2,20,21,22,23). The molecule has 1 aromatic carbocycles. The van der Waals surface area contributed by atoms with Crippen molar-refractivity contribution in [1.82, 2.24) is 15.2 Å². The summed E-state index contributed by atoms with van der Waals surface area (Å²) in [4.78, 5) is 3.82. The molecule has 2 heterocycles. The molecule has 0 atom stereocenters. The summed E-state index contributed by atoms with van der Waals surface area (Å²) in [5.74, 6) is -0.177. The number of hydrogen-bond donors (Lipinski definition) is 2. The van der Waals surface area contributed by atoms with E-state index in [1.807, 2.05) is 13.8 Å². The lowest BCUT2D eigenvalue weighted by Gasteiger charge is -2.20. The molecule has 0 aliphatic heterocycles. The van der Waals surface area contributed by atoms with Crippen LogP contribution in [0, 0.1) is 19.7 Å². The van der Waals surface area contributed by atoms with Crippen LogP contribution >= 0.6 is 0 Å². The van der Waals surface area contributed by atoms with Crippen molar-refractivity contribution in [2.75, 3.05) is 5.32 Å². The molecule has 26 heavy (non-hydrogen) atoms. The number of fused-ring (bicyclic) bond motifs is 1. The Kier molecular flexibility index (Phi) is 4.26. The number of aryl methyl sites for hydroxylation is 1. The fourth-order valence-electron chi connectivity index (χ4n) is 2.53. The van der Waals surface area contributed by atoms with E-state index in [1.165, 1.54) is 12.3 Å². The predicted octanol–water partition coefficient (Wildman–Crippen LogP) is 4.03. The van der Waals surface area contributed by atoms with Crippen LogP contribution in [0.1, 0.15) is 32.0 Å². The minimum Gasteiger partial charge on any atom is -0.338 e. The lowest BCUT2D eigenvalue weighted by atomic mass is 10.1. The highest BCUT2D eigenvalue weighted by Crippen LogP contribution is 2.33. The molecule has 0 amide bonds. The molecule has 0 bridgehead atoms. The third-order valence-corrected chi connectivity index (χ3v) is 6.90. The molecule has 0 saturated heterocycles. The second-order valence-electron chi connectivity index (χ2n) is 7.22. The van der Waals surface area contributed by atoms with E-state index in [9.17, 15) is 12.8 Å². The SMILES string of the molecule is Cc1[nH]nc(Nc2ccnc3cc(F)c(S(=O)(=O)C(C)(C)C)cc23)c1C. The average Bonchev–Trinajstić information content (AvgIpc) is 2.85. The molecule has 0 aliphatic rings. The van der Waals surface area contributed by atoms with Gasteiger partial charge in [0.25, 0.3) is 0 Å². The molecule has 2 N–H and O–H groups in total. The Labute approximate surface area is 151 Å². The number of H-pyrrole nitrogens is 1. The van der Waals surface area contributed by atoms with E-state index in [-0.39, 0.29) is 4.90 Å². The third kappa shape index (κ3) is 2.94. The molecular weight excluding hydrogens is 355 g/mol. The smallest absolute Gasteiger partial charge is 0.186 e. The van der Waals surface area contributed by atoms with E-state index < -0.39 is 20.4 Å². The molecule has 0 unspecified atom stereocenters. The lowest BCUT2D eigenvalue weighted by molar-refractivity contribution is 0.542. The normalized spacial score (nSPS) is 12.5. The van der Waals surface area contributed by atoms with Gasteiger partial charge in [-0.05, 0) is 46.8 Å². The maximum Gasteiger partial charge on any atom is 0.186 e. The van der Waals surface area contributed by atoms with Gasteiger partial charge in [0.2, 0.25) is 0 Å². The van der Waals surface area contributed by atoms with Gasteiger partial charge < -0.3 is 5.32 Å². The molecule has 0 fully saturated rings. The van der Waals surface area contributed by atoms with Gasteiger partial charge in [-0.15, -0.1) is 0 Å². The number of anilines is 2. The third-order valence-electron chi connectivity index (χ3n) is 4.40. The Morgan fingerprint density at radius 1 is 1.19 bits per heavy atom. The summed E-state index contributed by atoms with van der Waals surface area (Å²) in [5, 5.41) is 10.8. The van der Waals surface area contributed by atoms with Crippen molar-refractivity contribution in [3.05, 3.63) is 41.5 Å². The lowest BCUT2D eigenvalue weighted by Crippen LogP contribution is -2.28. The van der Waals surface area contributed by atoms with Crippen molar-refractivity contribution in [2.24, 2.45) is 0 Å². The Bertz CT molecular complexity index is 1100. The minimum atomic E-state index is -3.84. The molecule has 6 nitrogen and oxygen atoms in total. The van der Waals surface area contributed by atoms with Crippen LogP contribution in [0.4, 0.5) is 15.9 Å². The summed E-state index contributed by atoms with van der Waals surface area (Å²) >= 11 is 0. The van der Waals surface area contributed by atoms with Crippen LogP contribution in [0.5, 0.6) is 0 Å². The monoisotopic (exact) mass is 376 g/mol. The zero-order chi connectivity index (χ0) is 19.3. The quantitative estimate of drug-likeness (QED) is 0.720. The molecule has 3 rings (SSSR count). The first-order valence-corrected chi connectivity index (χ1v) is 9.62. The highest BCUT2D eigenvalue weighted by atomic mass is 32.2. The number of aromatic nitrogens is 3. The maximum atomic E-state index is 14.5. The first-order chi connectivity index (χ1) is 12.0. The van der Waals surface area contributed by atoms with Crippen LogP contribution in [-0.2, 0) is 9.84 Å². The number of rotatable bonds is 3. The Balaban J connectivity index is 2.21. The second kappa shape index (κ2) is 6.05. The van der Waals surface area contributed by atoms with Crippen molar-refractivity contribution < 1.29 is 12.8 Å². The molecule has 0 aliphatic carbocycles. The molecule has 3 aromatic rings. The summed E-state index contributed by atoms with van der Waals surface area (Å²) in [5.41, 5.74) is 2.84. The van der Waals surface area contributed by atoms with Gasteiger partial charge in [0, 0.05) is 28.9 Å². The zero-order valence-electron chi connectivity index (χ0n) is 15.3. The van der Waals surface area contributed by atoms with Gasteiger partial charge in [-0.3, -0.25) is 10.1 Å². The van der Waals surface area contributed by atoms with Crippen molar-refractivity contribution in [1.29, 1.82) is 0 Å². The molecule has 138 valence electrons. The van der Waals surface area contributed by atoms with Crippen molar-refractivity contribution >= 4 is 32.2 Å². The number of aromatic amines is 1. The van der Waals surface area contributed by atoms with Crippen LogP contribution in [0.2, 0.25) is 0 Å². The average molecular weight is 376 g/mol. The number of hydrogen-bond acceptors (Lipinski definition) is 5. The van der Waals surface area contributed by atoms with Gasteiger partial charge in [0.1, 0.15) is 10.7 Å². The highest BCUT2D eigenvalue weighted by molar-refractivity contribution is 7.92. The maximum absolute atomic E-state index is 14.5. The number of nitrogens with one attached hydrogen (secondary N) is 2.